The van der Waals surface area contributed by atoms with Gasteiger partial charge in [0, 0.05) is 0 Å². The molecule has 0 aromatic heterocycles. The molecule has 0 aliphatic heterocycles. The number of nitrogens with zero attached hydrogens (tertiary/aromatic N) is 1. The predicted molar refractivity (Wildman–Crippen MR) is 286 cm³/mol. The van der Waals surface area contributed by atoms with E-state index in [9.17, 15) is 0 Å². The number of quaternary nitrogens is 1. The van der Waals surface area contributed by atoms with Crippen LogP contribution in [-0.4, -0.2) is 37.3 Å². The molecule has 4 aromatic carbocycles. The zero-order valence-corrected chi connectivity index (χ0v) is 41.9. The Hall–Kier alpha value is -3.10. The van der Waals surface area contributed by atoms with Crippen LogP contribution in [0.25, 0.3) is 0 Å². The Labute approximate surface area is 392 Å². The molecule has 0 radical (unpaired) electrons. The lowest BCUT2D eigenvalue weighted by molar-refractivity contribution is -0.910. The summed E-state index contributed by atoms with van der Waals surface area (Å²) in [5.74, 6) is 0. The molecular weight excluding hydrogens is 757 g/mol. The molecule has 4 aromatic rings. The maximum Gasteiger partial charge on any atom is 0.108 e. The van der Waals surface area contributed by atoms with Gasteiger partial charge in [-0.3, -0.25) is 0 Å². The van der Waals surface area contributed by atoms with E-state index < -0.39 is 6.15 Å². The molecule has 0 bridgehead atoms. The van der Waals surface area contributed by atoms with E-state index in [0.717, 1.165) is 0 Å². The molecule has 1 nitrogen and oxygen atoms in total. The normalized spacial score (nSPS) is 11.7. The van der Waals surface area contributed by atoms with Crippen molar-refractivity contribution in [3.05, 3.63) is 121 Å². The van der Waals surface area contributed by atoms with E-state index in [1.54, 1.807) is 0 Å². The summed E-state index contributed by atoms with van der Waals surface area (Å²) in [7, 11) is 2.61. The van der Waals surface area contributed by atoms with Crippen LogP contribution < -0.4 is 21.9 Å². The Balaban J connectivity index is 0.000000360. The van der Waals surface area contributed by atoms with Crippen molar-refractivity contribution in [1.82, 2.24) is 0 Å². The van der Waals surface area contributed by atoms with Crippen molar-refractivity contribution in [1.29, 1.82) is 0 Å². The van der Waals surface area contributed by atoms with Gasteiger partial charge in [0.25, 0.3) is 0 Å². The smallest absolute Gasteiger partial charge is 0.108 e. The SMILES string of the molecule is CCCCCCCCCCCC[N+](C)(CCCCCCCCCCCC)CCCCCCCCCCCC.c1ccc([B-](c2ccccc2)(c2ccccc2)c2ccccc2)cc1. The van der Waals surface area contributed by atoms with Crippen LogP contribution in [0.1, 0.15) is 213 Å². The summed E-state index contributed by atoms with van der Waals surface area (Å²) in [5, 5.41) is 0. The van der Waals surface area contributed by atoms with Crippen LogP contribution in [-0.2, 0) is 0 Å². The second kappa shape index (κ2) is 36.2. The molecule has 4 rings (SSSR count). The minimum atomic E-state index is -1.22. The molecule has 0 unspecified atom stereocenters. The summed E-state index contributed by atoms with van der Waals surface area (Å²) in [6, 6.07) is 43.5. The van der Waals surface area contributed by atoms with E-state index in [1.165, 1.54) is 239 Å². The molecule has 350 valence electrons. The Morgan fingerprint density at radius 2 is 0.429 bits per heavy atom. The van der Waals surface area contributed by atoms with E-state index in [-0.39, 0.29) is 0 Å². The van der Waals surface area contributed by atoms with Gasteiger partial charge >= 0.3 is 0 Å². The number of hydrogen-bond donors (Lipinski definition) is 0. The van der Waals surface area contributed by atoms with Gasteiger partial charge in [-0.15, -0.1) is 0 Å². The van der Waals surface area contributed by atoms with Crippen molar-refractivity contribution in [3.63, 3.8) is 0 Å². The summed E-state index contributed by atoms with van der Waals surface area (Å²) in [4.78, 5) is 0. The second-order valence-corrected chi connectivity index (χ2v) is 19.8. The molecule has 2 heteroatoms. The van der Waals surface area contributed by atoms with Crippen LogP contribution in [0, 0.1) is 0 Å². The third kappa shape index (κ3) is 22.6. The van der Waals surface area contributed by atoms with E-state index in [4.69, 9.17) is 0 Å². The predicted octanol–water partition coefficient (Wildman–Crippen LogP) is 16.3. The van der Waals surface area contributed by atoms with Crippen molar-refractivity contribution in [2.75, 3.05) is 26.7 Å². The van der Waals surface area contributed by atoms with Crippen molar-refractivity contribution in [2.45, 2.75) is 213 Å². The highest BCUT2D eigenvalue weighted by Crippen LogP contribution is 2.18. The van der Waals surface area contributed by atoms with Gasteiger partial charge in [-0.1, -0.05) is 296 Å². The molecule has 0 N–H and O–H groups in total. The molecule has 0 atom stereocenters. The van der Waals surface area contributed by atoms with Crippen LogP contribution in [0.15, 0.2) is 121 Å². The molecule has 0 aliphatic carbocycles. The fourth-order valence-corrected chi connectivity index (χ4v) is 10.4. The maximum atomic E-state index is 2.61. The standard InChI is InChI=1S/C37H78N.C24H20B/c1-5-8-11-14-17-20-23-26-29-32-35-38(4,36-33-30-27-24-21-18-15-12-9-6-2)37-34-31-28-25-22-19-16-13-10-7-3;1-5-13-21(14-6-1)25(22-15-7-2-8-16-22,23-17-9-3-10-18-23)24-19-11-4-12-20-24/h5-37H2,1-4H3;1-20H/q+1;-1. The summed E-state index contributed by atoms with van der Waals surface area (Å²) in [6.45, 7) is 11.3. The molecule has 0 amide bonds. The summed E-state index contributed by atoms with van der Waals surface area (Å²) in [6.07, 6.45) is 42.5. The van der Waals surface area contributed by atoms with Gasteiger partial charge in [-0.25, -0.2) is 0 Å². The second-order valence-electron chi connectivity index (χ2n) is 19.8. The van der Waals surface area contributed by atoms with Gasteiger partial charge < -0.3 is 4.48 Å². The lowest BCUT2D eigenvalue weighted by Crippen LogP contribution is -2.74. The molecule has 0 heterocycles. The highest BCUT2D eigenvalue weighted by molar-refractivity contribution is 7.19. The quantitative estimate of drug-likeness (QED) is 0.0241. The number of unbranched alkanes of at least 4 members (excludes halogenated alkanes) is 27. The monoisotopic (exact) mass is 856 g/mol. The lowest BCUT2D eigenvalue weighted by atomic mass is 9.13. The highest BCUT2D eigenvalue weighted by atomic mass is 15.3. The molecular formula is C61H98BN. The van der Waals surface area contributed by atoms with E-state index in [0.29, 0.717) is 0 Å². The lowest BCUT2D eigenvalue weighted by Gasteiger charge is -2.44. The number of hydrogen-bond acceptors (Lipinski definition) is 0. The number of rotatable bonds is 37. The maximum absolute atomic E-state index is 2.61. The Bertz CT molecular complexity index is 1330. The van der Waals surface area contributed by atoms with Gasteiger partial charge in [0.05, 0.1) is 26.7 Å². The molecule has 0 saturated carbocycles. The van der Waals surface area contributed by atoms with E-state index in [2.05, 4.69) is 149 Å². The zero-order chi connectivity index (χ0) is 44.8. The first-order valence-electron chi connectivity index (χ1n) is 27.3. The van der Waals surface area contributed by atoms with Crippen molar-refractivity contribution in [3.8, 4) is 0 Å². The van der Waals surface area contributed by atoms with Crippen LogP contribution in [0.2, 0.25) is 0 Å². The third-order valence-corrected chi connectivity index (χ3v) is 14.4. The molecule has 0 fully saturated rings. The summed E-state index contributed by atoms with van der Waals surface area (Å²) < 4.78 is 1.37. The minimum absolute atomic E-state index is 1.22. The van der Waals surface area contributed by atoms with Gasteiger partial charge in [0.2, 0.25) is 0 Å². The van der Waals surface area contributed by atoms with Crippen molar-refractivity contribution in [2.24, 2.45) is 0 Å². The van der Waals surface area contributed by atoms with Crippen LogP contribution in [0.5, 0.6) is 0 Å². The fourth-order valence-electron chi connectivity index (χ4n) is 10.4. The zero-order valence-electron chi connectivity index (χ0n) is 41.9. The topological polar surface area (TPSA) is 0 Å². The van der Waals surface area contributed by atoms with Gasteiger partial charge in [0.15, 0.2) is 0 Å². The van der Waals surface area contributed by atoms with E-state index >= 15 is 0 Å². The summed E-state index contributed by atoms with van der Waals surface area (Å²) in [5.41, 5.74) is 5.36. The molecule has 0 aliphatic rings. The van der Waals surface area contributed by atoms with Crippen LogP contribution in [0.4, 0.5) is 0 Å². The number of benzene rings is 4. The first-order chi connectivity index (χ1) is 31.1. The highest BCUT2D eigenvalue weighted by Gasteiger charge is 2.31. The van der Waals surface area contributed by atoms with Crippen LogP contribution in [0.3, 0.4) is 0 Å². The van der Waals surface area contributed by atoms with Crippen LogP contribution >= 0.6 is 0 Å². The Morgan fingerprint density at radius 3 is 0.619 bits per heavy atom. The molecule has 63 heavy (non-hydrogen) atoms. The first kappa shape index (κ1) is 54.2. The average Bonchev–Trinajstić information content (AvgIpc) is 3.33. The first-order valence-corrected chi connectivity index (χ1v) is 27.3. The van der Waals surface area contributed by atoms with Gasteiger partial charge in [-0.2, -0.15) is 21.9 Å². The Kier molecular flexibility index (Phi) is 31.1. The third-order valence-electron chi connectivity index (χ3n) is 14.4. The molecule has 0 spiro atoms. The van der Waals surface area contributed by atoms with Gasteiger partial charge in [-0.05, 0) is 38.5 Å². The Morgan fingerprint density at radius 1 is 0.254 bits per heavy atom. The average molecular weight is 856 g/mol. The minimum Gasteiger partial charge on any atom is -0.326 e. The van der Waals surface area contributed by atoms with Crippen molar-refractivity contribution < 1.29 is 4.48 Å². The largest absolute Gasteiger partial charge is 0.326 e. The fraction of sp³-hybridized carbons (Fsp3) is 0.607. The van der Waals surface area contributed by atoms with Crippen molar-refractivity contribution >= 4 is 28.0 Å². The van der Waals surface area contributed by atoms with E-state index in [1.807, 2.05) is 0 Å². The summed E-state index contributed by atoms with van der Waals surface area (Å²) >= 11 is 0. The van der Waals surface area contributed by atoms with Gasteiger partial charge in [0.1, 0.15) is 6.15 Å². The molecule has 0 saturated heterocycles.